The average molecular weight is 456 g/mol. The second-order valence-corrected chi connectivity index (χ2v) is 7.44. The van der Waals surface area contributed by atoms with Crippen molar-refractivity contribution < 1.29 is 24.7 Å². The summed E-state index contributed by atoms with van der Waals surface area (Å²) in [5, 5.41) is 17.2. The van der Waals surface area contributed by atoms with Crippen molar-refractivity contribution in [2.24, 2.45) is 17.7 Å². The number of carbonyl (C=O) groups excluding carboxylic acids is 2. The highest BCUT2D eigenvalue weighted by molar-refractivity contribution is 5.92. The van der Waals surface area contributed by atoms with Gasteiger partial charge < -0.3 is 20.5 Å². The van der Waals surface area contributed by atoms with Gasteiger partial charge in [-0.25, -0.2) is 11.8 Å². The van der Waals surface area contributed by atoms with Gasteiger partial charge in [0.05, 0.1) is 5.41 Å². The molecule has 1 aliphatic carbocycles. The Kier molecular flexibility index (Phi) is 15.5. The number of benzene rings is 1. The van der Waals surface area contributed by atoms with Gasteiger partial charge in [0.25, 0.3) is 0 Å². The minimum atomic E-state index is -0.523. The Hall–Kier alpha value is -2.04. The van der Waals surface area contributed by atoms with Gasteiger partial charge in [0.2, 0.25) is 11.8 Å². The van der Waals surface area contributed by atoms with Crippen LogP contribution in [0.3, 0.4) is 0 Å². The first kappa shape index (κ1) is 30.0. The molecule has 0 unspecified atom stereocenters. The van der Waals surface area contributed by atoms with E-state index in [0.29, 0.717) is 38.9 Å². The molecule has 8 N–H and O–H groups in total. The molecule has 1 saturated carbocycles. The van der Waals surface area contributed by atoms with Gasteiger partial charge in [-0.3, -0.25) is 14.4 Å². The highest BCUT2D eigenvalue weighted by Gasteiger charge is 2.61. The lowest BCUT2D eigenvalue weighted by Gasteiger charge is -2.26. The fourth-order valence-electron chi connectivity index (χ4n) is 3.88. The Morgan fingerprint density at radius 2 is 1.84 bits per heavy atom. The number of nitrogens with zero attached hydrogens (tertiary/aromatic N) is 1. The molecule has 0 radical (unpaired) electrons. The Morgan fingerprint density at radius 1 is 1.25 bits per heavy atom. The minimum absolute atomic E-state index is 0.0370. The third-order valence-corrected chi connectivity index (χ3v) is 5.63. The monoisotopic (exact) mass is 455 g/mol. The van der Waals surface area contributed by atoms with Crippen molar-refractivity contribution in [3.63, 3.8) is 0 Å². The molecular weight excluding hydrogens is 412 g/mol. The number of carbonyl (C=O) groups is 2. The summed E-state index contributed by atoms with van der Waals surface area (Å²) in [5.74, 6) is 8.69. The number of hydrogen-bond donors (Lipinski definition) is 4. The molecule has 184 valence electrons. The van der Waals surface area contributed by atoms with Crippen LogP contribution in [0.4, 0.5) is 0 Å². The second kappa shape index (κ2) is 16.6. The largest absolute Gasteiger partial charge is 0.441 e. The van der Waals surface area contributed by atoms with E-state index in [4.69, 9.17) is 16.2 Å². The molecule has 1 aliphatic rings. The molecule has 0 saturated heterocycles. The predicted octanol–water partition coefficient (Wildman–Crippen LogP) is 1.44. The number of nitrogens with one attached hydrogen (secondary N) is 1. The van der Waals surface area contributed by atoms with E-state index in [2.05, 4.69) is 16.1 Å². The van der Waals surface area contributed by atoms with Crippen molar-refractivity contribution in [1.82, 2.24) is 10.2 Å². The number of hydrogen-bond acceptors (Lipinski definition) is 6. The van der Waals surface area contributed by atoms with Crippen LogP contribution in [0.2, 0.25) is 0 Å². The van der Waals surface area contributed by atoms with Crippen LogP contribution in [0, 0.1) is 5.92 Å². The lowest BCUT2D eigenvalue weighted by molar-refractivity contribution is -0.134. The maximum absolute atomic E-state index is 13.2. The first-order valence-electron chi connectivity index (χ1n) is 11.4. The summed E-state index contributed by atoms with van der Waals surface area (Å²) in [6.07, 6.45) is 1.92. The van der Waals surface area contributed by atoms with Gasteiger partial charge in [0, 0.05) is 32.5 Å². The van der Waals surface area contributed by atoms with E-state index in [9.17, 15) is 9.59 Å². The van der Waals surface area contributed by atoms with Crippen molar-refractivity contribution in [2.45, 2.75) is 64.9 Å². The lowest BCUT2D eigenvalue weighted by Crippen LogP contribution is -2.41. The van der Waals surface area contributed by atoms with Crippen molar-refractivity contribution in [1.29, 1.82) is 0 Å². The normalized spacial score (nSPS) is 19.4. The predicted molar refractivity (Wildman–Crippen MR) is 126 cm³/mol. The Bertz CT molecular complexity index is 643. The second-order valence-electron chi connectivity index (χ2n) is 7.44. The minimum Gasteiger partial charge on any atom is -0.441 e. The van der Waals surface area contributed by atoms with Crippen molar-refractivity contribution in [2.75, 3.05) is 26.2 Å². The maximum Gasteiger partial charge on any atom is 0.233 e. The van der Waals surface area contributed by atoms with Crippen LogP contribution in [0.25, 0.3) is 0 Å². The number of likely N-dealkylation sites (N-methyl/N-ethyl adjacent to an activating group) is 1. The Balaban J connectivity index is 0.00000227. The summed E-state index contributed by atoms with van der Waals surface area (Å²) in [7, 11) is 0. The molecule has 32 heavy (non-hydrogen) atoms. The van der Waals surface area contributed by atoms with Crippen LogP contribution in [0.1, 0.15) is 58.9 Å². The van der Waals surface area contributed by atoms with Gasteiger partial charge in [-0.1, -0.05) is 44.2 Å². The molecule has 1 aromatic carbocycles. The maximum atomic E-state index is 13.2. The standard InChI is InChI=1S/C21H33N3O4.C2H6.H3NO/c1-3-24(4-2)20(27)21(16-9-6-5-7-10-16)13-17(21)14-23-19(26)12-8-11-18(25)15-28-22;2*1-2/h5-7,9-10,17-18,25H,3-4,8,11-15,22H2,1-2H3,(H,23,26);1-2H3;2H,1H2/p+1/t17-,18+,21+;;/m1../s1. The molecule has 9 heteroatoms. The SMILES string of the molecule is CC.CCN(CC)C(=O)[C@]1(c2ccccc2)C[C@@H]1CNC(=O)CCC[C@H]([OH2+])CON.NO. The van der Waals surface area contributed by atoms with Gasteiger partial charge in [-0.15, -0.1) is 0 Å². The highest BCUT2D eigenvalue weighted by atomic mass is 16.6. The topological polar surface area (TPSA) is 154 Å². The van der Waals surface area contributed by atoms with E-state index in [1.54, 1.807) is 0 Å². The van der Waals surface area contributed by atoms with Crippen LogP contribution in [-0.2, 0) is 19.8 Å². The Labute approximate surface area is 192 Å². The van der Waals surface area contributed by atoms with Gasteiger partial charge in [0.15, 0.2) is 6.10 Å². The van der Waals surface area contributed by atoms with Gasteiger partial charge >= 0.3 is 0 Å². The Morgan fingerprint density at radius 3 is 2.38 bits per heavy atom. The molecule has 0 aliphatic heterocycles. The first-order valence-corrected chi connectivity index (χ1v) is 11.4. The van der Waals surface area contributed by atoms with Crippen LogP contribution >= 0.6 is 0 Å². The summed E-state index contributed by atoms with van der Waals surface area (Å²) in [4.78, 5) is 31.7. The molecule has 0 aromatic heterocycles. The summed E-state index contributed by atoms with van der Waals surface area (Å²) < 4.78 is 0. The zero-order valence-corrected chi connectivity index (χ0v) is 20.0. The molecule has 2 rings (SSSR count). The molecule has 9 nitrogen and oxygen atoms in total. The quantitative estimate of drug-likeness (QED) is 0.276. The zero-order chi connectivity index (χ0) is 24.6. The third-order valence-electron chi connectivity index (χ3n) is 5.63. The van der Waals surface area contributed by atoms with E-state index in [1.165, 1.54) is 0 Å². The molecule has 1 fully saturated rings. The van der Waals surface area contributed by atoms with E-state index in [-0.39, 0.29) is 24.3 Å². The van der Waals surface area contributed by atoms with Gasteiger partial charge in [-0.2, -0.15) is 0 Å². The van der Waals surface area contributed by atoms with Crippen LogP contribution in [0.15, 0.2) is 30.3 Å². The van der Waals surface area contributed by atoms with E-state index < -0.39 is 11.5 Å². The van der Waals surface area contributed by atoms with Crippen LogP contribution in [0.5, 0.6) is 0 Å². The number of nitrogens with two attached hydrogens (primary N) is 2. The lowest BCUT2D eigenvalue weighted by atomic mass is 9.91. The smallest absolute Gasteiger partial charge is 0.233 e. The molecule has 0 bridgehead atoms. The molecular formula is C23H43N4O5+. The number of rotatable bonds is 12. The van der Waals surface area contributed by atoms with E-state index >= 15 is 0 Å². The van der Waals surface area contributed by atoms with Crippen molar-refractivity contribution in [3.05, 3.63) is 35.9 Å². The van der Waals surface area contributed by atoms with E-state index in [0.717, 1.165) is 12.0 Å². The zero-order valence-electron chi connectivity index (χ0n) is 20.0. The average Bonchev–Trinajstić information content (AvgIpc) is 3.57. The van der Waals surface area contributed by atoms with Crippen molar-refractivity contribution in [3.8, 4) is 0 Å². The highest BCUT2D eigenvalue weighted by Crippen LogP contribution is 2.55. The molecule has 3 atom stereocenters. The van der Waals surface area contributed by atoms with Crippen molar-refractivity contribution >= 4 is 11.8 Å². The van der Waals surface area contributed by atoms with Crippen LogP contribution < -0.4 is 17.1 Å². The van der Waals surface area contributed by atoms with Gasteiger partial charge in [-0.05, 0) is 38.2 Å². The van der Waals surface area contributed by atoms with Gasteiger partial charge in [0.1, 0.15) is 6.61 Å². The fraction of sp³-hybridized carbons (Fsp3) is 0.652. The first-order chi connectivity index (χ1) is 15.5. The van der Waals surface area contributed by atoms with Crippen LogP contribution in [-0.4, -0.2) is 59.4 Å². The number of amides is 2. The summed E-state index contributed by atoms with van der Waals surface area (Å²) in [5.41, 5.74) is 0.510. The molecule has 0 heterocycles. The molecule has 2 amide bonds. The fourth-order valence-corrected chi connectivity index (χ4v) is 3.88. The van der Waals surface area contributed by atoms with E-state index in [1.807, 2.05) is 62.9 Å². The molecule has 1 aromatic rings. The third kappa shape index (κ3) is 8.48. The summed E-state index contributed by atoms with van der Waals surface area (Å²) in [6, 6.07) is 9.90. The molecule has 0 spiro atoms. The summed E-state index contributed by atoms with van der Waals surface area (Å²) >= 11 is 0. The summed E-state index contributed by atoms with van der Waals surface area (Å²) in [6.45, 7) is 10.0.